The number of pyridine rings is 1. The van der Waals surface area contributed by atoms with Crippen molar-refractivity contribution in [2.45, 2.75) is 6.54 Å². The molecule has 0 spiro atoms. The Balaban J connectivity index is 1.92. The SMILES string of the molecule is O=C(O)c1cn(CCNC(=O)c2nc(Cl)ccc2Cl)cn1. The zero-order valence-electron chi connectivity index (χ0n) is 10.6. The number of rotatable bonds is 5. The monoisotopic (exact) mass is 328 g/mol. The van der Waals surface area contributed by atoms with Crippen molar-refractivity contribution < 1.29 is 14.7 Å². The maximum absolute atomic E-state index is 11.9. The van der Waals surface area contributed by atoms with Gasteiger partial charge in [-0.1, -0.05) is 23.2 Å². The molecule has 0 saturated carbocycles. The van der Waals surface area contributed by atoms with E-state index in [1.165, 1.54) is 24.7 Å². The van der Waals surface area contributed by atoms with Crippen molar-refractivity contribution in [2.75, 3.05) is 6.54 Å². The number of hydrogen-bond acceptors (Lipinski definition) is 4. The average Bonchev–Trinajstić information content (AvgIpc) is 2.90. The molecule has 9 heteroatoms. The number of carboxylic acids is 1. The predicted molar refractivity (Wildman–Crippen MR) is 75.8 cm³/mol. The standard InChI is InChI=1S/C12H10Cl2N4O3/c13-7-1-2-9(14)17-10(7)11(19)15-3-4-18-5-8(12(20)21)16-6-18/h1-2,5-6H,3-4H2,(H,15,19)(H,20,21). The van der Waals surface area contributed by atoms with Crippen molar-refractivity contribution in [3.8, 4) is 0 Å². The molecule has 2 N–H and O–H groups in total. The van der Waals surface area contributed by atoms with E-state index in [4.69, 9.17) is 28.3 Å². The summed E-state index contributed by atoms with van der Waals surface area (Å²) in [4.78, 5) is 30.1. The molecule has 0 aromatic carbocycles. The summed E-state index contributed by atoms with van der Waals surface area (Å²) in [5.74, 6) is -1.56. The fourth-order valence-electron chi connectivity index (χ4n) is 1.55. The van der Waals surface area contributed by atoms with Crippen LogP contribution in [0.3, 0.4) is 0 Å². The number of aromatic nitrogens is 3. The molecule has 0 fully saturated rings. The molecule has 0 bridgehead atoms. The number of imidazole rings is 1. The number of hydrogen-bond donors (Lipinski definition) is 2. The minimum absolute atomic E-state index is 0.0426. The van der Waals surface area contributed by atoms with Crippen LogP contribution in [-0.4, -0.2) is 38.1 Å². The minimum Gasteiger partial charge on any atom is -0.476 e. The molecule has 0 aliphatic heterocycles. The van der Waals surface area contributed by atoms with Crippen LogP contribution in [-0.2, 0) is 6.54 Å². The molecule has 0 radical (unpaired) electrons. The van der Waals surface area contributed by atoms with Crippen LogP contribution in [0, 0.1) is 0 Å². The molecule has 0 unspecified atom stereocenters. The van der Waals surface area contributed by atoms with Crippen LogP contribution < -0.4 is 5.32 Å². The van der Waals surface area contributed by atoms with Gasteiger partial charge in [0.25, 0.3) is 5.91 Å². The molecule has 2 aromatic rings. The lowest BCUT2D eigenvalue weighted by Crippen LogP contribution is -2.28. The Morgan fingerprint density at radius 2 is 2.10 bits per heavy atom. The van der Waals surface area contributed by atoms with Crippen LogP contribution in [0.15, 0.2) is 24.7 Å². The van der Waals surface area contributed by atoms with Gasteiger partial charge in [0, 0.05) is 19.3 Å². The topological polar surface area (TPSA) is 97.1 Å². The van der Waals surface area contributed by atoms with E-state index in [1.807, 2.05) is 0 Å². The van der Waals surface area contributed by atoms with E-state index in [9.17, 15) is 9.59 Å². The second kappa shape index (κ2) is 6.55. The summed E-state index contributed by atoms with van der Waals surface area (Å²) in [5, 5.41) is 11.7. The summed E-state index contributed by atoms with van der Waals surface area (Å²) < 4.78 is 1.55. The van der Waals surface area contributed by atoms with E-state index in [1.54, 1.807) is 4.57 Å². The molecule has 21 heavy (non-hydrogen) atoms. The van der Waals surface area contributed by atoms with Gasteiger partial charge in [0.15, 0.2) is 5.69 Å². The normalized spacial score (nSPS) is 10.4. The number of carbonyl (C=O) groups excluding carboxylic acids is 1. The quantitative estimate of drug-likeness (QED) is 0.814. The zero-order chi connectivity index (χ0) is 15.4. The number of nitrogens with one attached hydrogen (secondary N) is 1. The molecule has 0 aliphatic carbocycles. The Bertz CT molecular complexity index is 687. The number of halogens is 2. The first-order valence-electron chi connectivity index (χ1n) is 5.82. The lowest BCUT2D eigenvalue weighted by molar-refractivity contribution is 0.0690. The van der Waals surface area contributed by atoms with Crippen molar-refractivity contribution in [3.05, 3.63) is 46.2 Å². The van der Waals surface area contributed by atoms with Gasteiger partial charge >= 0.3 is 5.97 Å². The number of amides is 1. The van der Waals surface area contributed by atoms with Crippen LogP contribution in [0.5, 0.6) is 0 Å². The maximum atomic E-state index is 11.9. The van der Waals surface area contributed by atoms with Crippen molar-refractivity contribution in [1.29, 1.82) is 0 Å². The Labute approximate surface area is 129 Å². The number of nitrogens with zero attached hydrogens (tertiary/aromatic N) is 3. The van der Waals surface area contributed by atoms with Gasteiger partial charge in [0.05, 0.1) is 11.3 Å². The van der Waals surface area contributed by atoms with Gasteiger partial charge in [-0.15, -0.1) is 0 Å². The van der Waals surface area contributed by atoms with Gasteiger partial charge in [-0.3, -0.25) is 4.79 Å². The highest BCUT2D eigenvalue weighted by Gasteiger charge is 2.12. The van der Waals surface area contributed by atoms with E-state index >= 15 is 0 Å². The smallest absolute Gasteiger partial charge is 0.356 e. The van der Waals surface area contributed by atoms with Gasteiger partial charge in [-0.2, -0.15) is 0 Å². The Kier molecular flexibility index (Phi) is 4.77. The van der Waals surface area contributed by atoms with Crippen molar-refractivity contribution in [1.82, 2.24) is 19.9 Å². The molecular formula is C12H10Cl2N4O3. The van der Waals surface area contributed by atoms with Crippen LogP contribution in [0.4, 0.5) is 0 Å². The number of carbonyl (C=O) groups is 2. The molecule has 2 heterocycles. The van der Waals surface area contributed by atoms with Crippen LogP contribution in [0.25, 0.3) is 0 Å². The highest BCUT2D eigenvalue weighted by Crippen LogP contribution is 2.16. The van der Waals surface area contributed by atoms with Crippen molar-refractivity contribution >= 4 is 35.1 Å². The summed E-state index contributed by atoms with van der Waals surface area (Å²) in [5.41, 5.74) is -0.0121. The lowest BCUT2D eigenvalue weighted by atomic mass is 10.3. The third kappa shape index (κ3) is 3.93. The fraction of sp³-hybridized carbons (Fsp3) is 0.167. The molecule has 110 valence electrons. The molecule has 0 atom stereocenters. The van der Waals surface area contributed by atoms with Crippen LogP contribution >= 0.6 is 23.2 Å². The van der Waals surface area contributed by atoms with Gasteiger partial charge in [0.1, 0.15) is 10.8 Å². The highest BCUT2D eigenvalue weighted by molar-refractivity contribution is 6.34. The zero-order valence-corrected chi connectivity index (χ0v) is 12.1. The molecule has 7 nitrogen and oxygen atoms in total. The lowest BCUT2D eigenvalue weighted by Gasteiger charge is -2.06. The summed E-state index contributed by atoms with van der Waals surface area (Å²) in [6, 6.07) is 2.97. The predicted octanol–water partition coefficient (Wildman–Crippen LogP) is 1.71. The second-order valence-electron chi connectivity index (χ2n) is 4.02. The van der Waals surface area contributed by atoms with Crippen LogP contribution in [0.1, 0.15) is 21.0 Å². The van der Waals surface area contributed by atoms with Gasteiger partial charge in [-0.05, 0) is 12.1 Å². The summed E-state index contributed by atoms with van der Waals surface area (Å²) in [6.45, 7) is 0.628. The van der Waals surface area contributed by atoms with Gasteiger partial charge in [0.2, 0.25) is 0 Å². The van der Waals surface area contributed by atoms with Crippen LogP contribution in [0.2, 0.25) is 10.2 Å². The summed E-state index contributed by atoms with van der Waals surface area (Å²) in [7, 11) is 0. The molecule has 2 rings (SSSR count). The molecule has 0 saturated heterocycles. The second-order valence-corrected chi connectivity index (χ2v) is 4.82. The number of aromatic carboxylic acids is 1. The van der Waals surface area contributed by atoms with E-state index in [0.29, 0.717) is 6.54 Å². The largest absolute Gasteiger partial charge is 0.476 e. The third-order valence-electron chi connectivity index (χ3n) is 2.54. The summed E-state index contributed by atoms with van der Waals surface area (Å²) in [6.07, 6.45) is 2.75. The van der Waals surface area contributed by atoms with E-state index < -0.39 is 11.9 Å². The summed E-state index contributed by atoms with van der Waals surface area (Å²) >= 11 is 11.6. The van der Waals surface area contributed by atoms with Crippen molar-refractivity contribution in [2.24, 2.45) is 0 Å². The third-order valence-corrected chi connectivity index (χ3v) is 3.05. The first-order chi connectivity index (χ1) is 9.97. The van der Waals surface area contributed by atoms with E-state index in [0.717, 1.165) is 0 Å². The maximum Gasteiger partial charge on any atom is 0.356 e. The van der Waals surface area contributed by atoms with E-state index in [2.05, 4.69) is 15.3 Å². The Morgan fingerprint density at radius 3 is 2.76 bits per heavy atom. The molecule has 2 aromatic heterocycles. The number of carboxylic acid groups (broad SMARTS) is 1. The fourth-order valence-corrected chi connectivity index (χ4v) is 1.89. The Morgan fingerprint density at radius 1 is 1.33 bits per heavy atom. The minimum atomic E-state index is -1.10. The van der Waals surface area contributed by atoms with Gasteiger partial charge < -0.3 is 15.0 Å². The molecule has 1 amide bonds. The molecule has 0 aliphatic rings. The highest BCUT2D eigenvalue weighted by atomic mass is 35.5. The van der Waals surface area contributed by atoms with Crippen molar-refractivity contribution in [3.63, 3.8) is 0 Å². The first kappa shape index (κ1) is 15.3. The first-order valence-corrected chi connectivity index (χ1v) is 6.58. The average molecular weight is 329 g/mol. The molecular weight excluding hydrogens is 319 g/mol. The van der Waals surface area contributed by atoms with Gasteiger partial charge in [-0.25, -0.2) is 14.8 Å². The van der Waals surface area contributed by atoms with E-state index in [-0.39, 0.29) is 28.1 Å². The Hall–Kier alpha value is -2.12.